The lowest BCUT2D eigenvalue weighted by Crippen LogP contribution is -2.46. The zero-order chi connectivity index (χ0) is 13.0. The van der Waals surface area contributed by atoms with Crippen LogP contribution in [0.1, 0.15) is 17.7 Å². The van der Waals surface area contributed by atoms with Gasteiger partial charge in [0.1, 0.15) is 6.04 Å². The molecule has 1 unspecified atom stereocenters. The van der Waals surface area contributed by atoms with Crippen LogP contribution in [0.4, 0.5) is 4.79 Å². The summed E-state index contributed by atoms with van der Waals surface area (Å²) in [5.74, 6) is -0.916. The molecule has 1 aliphatic rings. The number of urea groups is 1. The number of hydrogen-bond acceptors (Lipinski definition) is 3. The first-order chi connectivity index (χ1) is 8.68. The van der Waals surface area contributed by atoms with E-state index in [4.69, 9.17) is 5.11 Å². The van der Waals surface area contributed by atoms with E-state index in [1.54, 1.807) is 11.3 Å². The molecule has 0 spiro atoms. The number of amides is 2. The largest absolute Gasteiger partial charge is 0.480 e. The van der Waals surface area contributed by atoms with Gasteiger partial charge < -0.3 is 15.3 Å². The van der Waals surface area contributed by atoms with Crippen LogP contribution in [-0.4, -0.2) is 41.1 Å². The molecule has 0 aromatic carbocycles. The molecule has 1 aromatic heterocycles. The van der Waals surface area contributed by atoms with Crippen molar-refractivity contribution in [3.63, 3.8) is 0 Å². The van der Waals surface area contributed by atoms with Crippen molar-refractivity contribution in [2.24, 2.45) is 0 Å². The minimum atomic E-state index is -0.916. The van der Waals surface area contributed by atoms with Crippen LogP contribution in [0.5, 0.6) is 0 Å². The van der Waals surface area contributed by atoms with Crippen LogP contribution in [0.2, 0.25) is 0 Å². The van der Waals surface area contributed by atoms with Gasteiger partial charge in [-0.1, -0.05) is 6.07 Å². The number of nitrogens with zero attached hydrogens (tertiary/aromatic N) is 1. The molecular formula is C12H16N2O3S. The molecule has 18 heavy (non-hydrogen) atoms. The maximum atomic E-state index is 11.8. The fraction of sp³-hybridized carbons (Fsp3) is 0.500. The molecule has 1 fully saturated rings. The third-order valence-electron chi connectivity index (χ3n) is 3.03. The highest BCUT2D eigenvalue weighted by atomic mass is 32.1. The van der Waals surface area contributed by atoms with Crippen molar-refractivity contribution in [2.75, 3.05) is 13.1 Å². The molecule has 0 radical (unpaired) electrons. The Hall–Kier alpha value is -1.56. The van der Waals surface area contributed by atoms with Crippen LogP contribution >= 0.6 is 11.3 Å². The maximum Gasteiger partial charge on any atom is 0.326 e. The summed E-state index contributed by atoms with van der Waals surface area (Å²) in [4.78, 5) is 25.4. The van der Waals surface area contributed by atoms with Crippen molar-refractivity contribution in [3.8, 4) is 0 Å². The maximum absolute atomic E-state index is 11.8. The molecule has 0 aliphatic carbocycles. The molecule has 1 aliphatic heterocycles. The standard InChI is InChI=1S/C12H16N2O3S/c15-11(16)10-4-1-7-14(10)12(17)13-6-5-9-3-2-8-18-9/h2-3,8,10H,1,4-7H2,(H,13,17)(H,15,16). The van der Waals surface area contributed by atoms with Gasteiger partial charge in [0.2, 0.25) is 0 Å². The summed E-state index contributed by atoms with van der Waals surface area (Å²) >= 11 is 1.65. The second-order valence-electron chi connectivity index (χ2n) is 4.25. The van der Waals surface area contributed by atoms with Crippen LogP contribution < -0.4 is 5.32 Å². The van der Waals surface area contributed by atoms with Gasteiger partial charge in [0.25, 0.3) is 0 Å². The second kappa shape index (κ2) is 5.86. The number of likely N-dealkylation sites (tertiary alicyclic amines) is 1. The number of nitrogens with one attached hydrogen (secondary N) is 1. The normalized spacial score (nSPS) is 18.9. The van der Waals surface area contributed by atoms with Crippen molar-refractivity contribution < 1.29 is 14.7 Å². The van der Waals surface area contributed by atoms with Crippen LogP contribution in [0.3, 0.4) is 0 Å². The predicted octanol–water partition coefficient (Wildman–Crippen LogP) is 1.55. The Labute approximate surface area is 109 Å². The summed E-state index contributed by atoms with van der Waals surface area (Å²) in [5.41, 5.74) is 0. The highest BCUT2D eigenvalue weighted by Crippen LogP contribution is 2.17. The Morgan fingerprint density at radius 1 is 1.56 bits per heavy atom. The van der Waals surface area contributed by atoms with E-state index >= 15 is 0 Å². The number of carboxylic acid groups (broad SMARTS) is 1. The summed E-state index contributed by atoms with van der Waals surface area (Å²) in [6.45, 7) is 1.07. The average molecular weight is 268 g/mol. The van der Waals surface area contributed by atoms with E-state index in [1.807, 2.05) is 17.5 Å². The third-order valence-corrected chi connectivity index (χ3v) is 3.96. The second-order valence-corrected chi connectivity index (χ2v) is 5.28. The topological polar surface area (TPSA) is 69.6 Å². The molecule has 5 nitrogen and oxygen atoms in total. The van der Waals surface area contributed by atoms with Crippen LogP contribution in [0.15, 0.2) is 17.5 Å². The van der Waals surface area contributed by atoms with Gasteiger partial charge in [0.15, 0.2) is 0 Å². The summed E-state index contributed by atoms with van der Waals surface area (Å²) in [7, 11) is 0. The number of aliphatic carboxylic acids is 1. The van der Waals surface area contributed by atoms with Crippen molar-refractivity contribution in [1.82, 2.24) is 10.2 Å². The van der Waals surface area contributed by atoms with E-state index in [2.05, 4.69) is 5.32 Å². The molecule has 1 saturated heterocycles. The quantitative estimate of drug-likeness (QED) is 0.870. The lowest BCUT2D eigenvalue weighted by atomic mass is 10.2. The van der Waals surface area contributed by atoms with Gasteiger partial charge in [-0.2, -0.15) is 0 Å². The Bertz CT molecular complexity index is 419. The number of rotatable bonds is 4. The van der Waals surface area contributed by atoms with Gasteiger partial charge in [-0.05, 0) is 30.7 Å². The fourth-order valence-electron chi connectivity index (χ4n) is 2.12. The highest BCUT2D eigenvalue weighted by Gasteiger charge is 2.33. The lowest BCUT2D eigenvalue weighted by Gasteiger charge is -2.21. The number of thiophene rings is 1. The first-order valence-electron chi connectivity index (χ1n) is 5.98. The molecule has 2 amide bonds. The van der Waals surface area contributed by atoms with Crippen molar-refractivity contribution in [1.29, 1.82) is 0 Å². The Morgan fingerprint density at radius 3 is 3.06 bits per heavy atom. The average Bonchev–Trinajstić information content (AvgIpc) is 2.99. The van der Waals surface area contributed by atoms with E-state index in [0.717, 1.165) is 12.8 Å². The summed E-state index contributed by atoms with van der Waals surface area (Å²) in [5, 5.41) is 13.8. The molecule has 98 valence electrons. The minimum absolute atomic E-state index is 0.267. The number of carbonyl (C=O) groups is 2. The van der Waals surface area contributed by atoms with Crippen molar-refractivity contribution >= 4 is 23.3 Å². The lowest BCUT2D eigenvalue weighted by molar-refractivity contribution is -0.141. The van der Waals surface area contributed by atoms with Gasteiger partial charge in [0.05, 0.1) is 0 Å². The summed E-state index contributed by atoms with van der Waals surface area (Å²) in [6, 6.07) is 3.07. The van der Waals surface area contributed by atoms with Crippen molar-refractivity contribution in [2.45, 2.75) is 25.3 Å². The van der Waals surface area contributed by atoms with E-state index < -0.39 is 12.0 Å². The molecule has 1 aromatic rings. The summed E-state index contributed by atoms with van der Waals surface area (Å²) < 4.78 is 0. The Kier molecular flexibility index (Phi) is 4.19. The molecule has 1 atom stereocenters. The van der Waals surface area contributed by atoms with E-state index in [1.165, 1.54) is 9.78 Å². The molecule has 2 N–H and O–H groups in total. The van der Waals surface area contributed by atoms with Gasteiger partial charge in [-0.25, -0.2) is 9.59 Å². The van der Waals surface area contributed by atoms with Gasteiger partial charge in [-0.3, -0.25) is 0 Å². The highest BCUT2D eigenvalue weighted by molar-refractivity contribution is 7.09. The van der Waals surface area contributed by atoms with Gasteiger partial charge >= 0.3 is 12.0 Å². The molecule has 0 bridgehead atoms. The Morgan fingerprint density at radius 2 is 2.39 bits per heavy atom. The smallest absolute Gasteiger partial charge is 0.326 e. The van der Waals surface area contributed by atoms with Crippen LogP contribution in [0.25, 0.3) is 0 Å². The summed E-state index contributed by atoms with van der Waals surface area (Å²) in [6.07, 6.45) is 2.10. The van der Waals surface area contributed by atoms with E-state index in [0.29, 0.717) is 19.5 Å². The van der Waals surface area contributed by atoms with E-state index in [9.17, 15) is 9.59 Å². The number of carboxylic acids is 1. The first-order valence-corrected chi connectivity index (χ1v) is 6.86. The zero-order valence-electron chi connectivity index (χ0n) is 9.96. The minimum Gasteiger partial charge on any atom is -0.480 e. The number of carbonyl (C=O) groups excluding carboxylic acids is 1. The van der Waals surface area contributed by atoms with E-state index in [-0.39, 0.29) is 6.03 Å². The van der Waals surface area contributed by atoms with Gasteiger partial charge in [0, 0.05) is 18.0 Å². The van der Waals surface area contributed by atoms with Crippen LogP contribution in [0, 0.1) is 0 Å². The Balaban J connectivity index is 1.79. The van der Waals surface area contributed by atoms with Crippen LogP contribution in [-0.2, 0) is 11.2 Å². The van der Waals surface area contributed by atoms with Crippen molar-refractivity contribution in [3.05, 3.63) is 22.4 Å². The molecule has 6 heteroatoms. The monoisotopic (exact) mass is 268 g/mol. The third kappa shape index (κ3) is 3.01. The van der Waals surface area contributed by atoms with Gasteiger partial charge in [-0.15, -0.1) is 11.3 Å². The molecule has 0 saturated carbocycles. The number of hydrogen-bond donors (Lipinski definition) is 2. The SMILES string of the molecule is O=C(O)C1CCCN1C(=O)NCCc1cccs1. The zero-order valence-corrected chi connectivity index (χ0v) is 10.8. The molecular weight excluding hydrogens is 252 g/mol. The fourth-order valence-corrected chi connectivity index (χ4v) is 2.82. The molecule has 2 rings (SSSR count). The first kappa shape index (κ1) is 12.9. The molecule has 2 heterocycles. The predicted molar refractivity (Wildman–Crippen MR) is 68.8 cm³/mol.